The van der Waals surface area contributed by atoms with Crippen LogP contribution in [0.2, 0.25) is 0 Å². The number of nitrogens with zero attached hydrogens (tertiary/aromatic N) is 1. The summed E-state index contributed by atoms with van der Waals surface area (Å²) in [7, 11) is 3.07. The Kier molecular flexibility index (Phi) is 3.52. The first-order valence-electron chi connectivity index (χ1n) is 6.30. The van der Waals surface area contributed by atoms with E-state index in [1.54, 1.807) is 12.1 Å². The van der Waals surface area contributed by atoms with Crippen LogP contribution < -0.4 is 10.4 Å². The Bertz CT molecular complexity index is 568. The number of carboxylic acid groups (broad SMARTS) is 1. The van der Waals surface area contributed by atoms with Gasteiger partial charge in [-0.1, -0.05) is 6.58 Å². The van der Waals surface area contributed by atoms with Gasteiger partial charge in [-0.05, 0) is 37.5 Å². The third-order valence-corrected chi connectivity index (χ3v) is 3.30. The maximum atomic E-state index is 11.2. The van der Waals surface area contributed by atoms with Gasteiger partial charge in [0, 0.05) is 19.8 Å². The molecule has 6 heteroatoms. The summed E-state index contributed by atoms with van der Waals surface area (Å²) in [6, 6.07) is 5.03. The molecule has 1 fully saturated rings. The van der Waals surface area contributed by atoms with Crippen LogP contribution in [-0.4, -0.2) is 37.9 Å². The van der Waals surface area contributed by atoms with Gasteiger partial charge >= 0.3 is 13.1 Å². The highest BCUT2D eigenvalue weighted by Crippen LogP contribution is 2.29. The van der Waals surface area contributed by atoms with Crippen molar-refractivity contribution in [2.24, 2.45) is 0 Å². The number of carboxylic acids is 1. The molecule has 1 heterocycles. The van der Waals surface area contributed by atoms with Crippen LogP contribution in [0.5, 0.6) is 0 Å². The molecule has 1 N–H and O–H groups in total. The maximum Gasteiger partial charge on any atom is 0.563 e. The van der Waals surface area contributed by atoms with Crippen LogP contribution in [0.3, 0.4) is 0 Å². The molecule has 1 aromatic rings. The van der Waals surface area contributed by atoms with E-state index in [4.69, 9.17) is 9.31 Å². The minimum absolute atomic E-state index is 0.203. The molecule has 0 aromatic heterocycles. The zero-order chi connectivity index (χ0) is 15.1. The van der Waals surface area contributed by atoms with Crippen molar-refractivity contribution in [1.29, 1.82) is 0 Å². The first kappa shape index (κ1) is 14.5. The van der Waals surface area contributed by atoms with E-state index in [-0.39, 0.29) is 5.56 Å². The zero-order valence-electron chi connectivity index (χ0n) is 12.1. The molecule has 0 radical (unpaired) electrons. The van der Waals surface area contributed by atoms with Gasteiger partial charge in [-0.2, -0.15) is 0 Å². The number of hydrogen-bond donors (Lipinski definition) is 1. The fourth-order valence-corrected chi connectivity index (χ4v) is 1.92. The highest BCUT2D eigenvalue weighted by molar-refractivity contribution is 6.62. The maximum absolute atomic E-state index is 11.2. The molecule has 0 spiro atoms. The molecule has 0 unspecified atom stereocenters. The molecule has 106 valence electrons. The second kappa shape index (κ2) is 4.87. The van der Waals surface area contributed by atoms with Gasteiger partial charge in [-0.25, -0.2) is 4.79 Å². The van der Waals surface area contributed by atoms with Crippen LogP contribution in [0.25, 0.3) is 0 Å². The predicted octanol–water partition coefficient (Wildman–Crippen LogP) is 1.49. The normalized spacial score (nSPS) is 17.0. The molecule has 1 saturated heterocycles. The third-order valence-electron chi connectivity index (χ3n) is 3.30. The monoisotopic (exact) mass is 275 g/mol. The number of aromatic carboxylic acids is 1. The lowest BCUT2D eigenvalue weighted by atomic mass is 9.78. The minimum Gasteiger partial charge on any atom is -0.534 e. The number of benzene rings is 1. The number of rotatable bonds is 3. The average Bonchev–Trinajstić information content (AvgIpc) is 2.63. The van der Waals surface area contributed by atoms with Gasteiger partial charge in [-0.15, -0.1) is 0 Å². The van der Waals surface area contributed by atoms with E-state index in [0.717, 1.165) is 5.69 Å². The summed E-state index contributed by atoms with van der Waals surface area (Å²) in [6.45, 7) is 7.55. The Labute approximate surface area is 118 Å². The first-order chi connectivity index (χ1) is 9.20. The zero-order valence-corrected chi connectivity index (χ0v) is 12.1. The Morgan fingerprint density at radius 2 is 2.00 bits per heavy atom. The van der Waals surface area contributed by atoms with Gasteiger partial charge < -0.3 is 19.3 Å². The first-order valence-corrected chi connectivity index (χ1v) is 6.30. The lowest BCUT2D eigenvalue weighted by Gasteiger charge is -2.17. The van der Waals surface area contributed by atoms with Crippen molar-refractivity contribution in [1.82, 2.24) is 0 Å². The van der Waals surface area contributed by atoms with E-state index in [0.29, 0.717) is 11.2 Å². The van der Waals surface area contributed by atoms with E-state index in [1.165, 1.54) is 0 Å². The van der Waals surface area contributed by atoms with E-state index >= 15 is 0 Å². The molecule has 0 atom stereocenters. The van der Waals surface area contributed by atoms with Gasteiger partial charge in [0.05, 0.1) is 11.3 Å². The summed E-state index contributed by atoms with van der Waals surface area (Å²) in [6.07, 6.45) is 0. The smallest absolute Gasteiger partial charge is 0.534 e. The largest absolute Gasteiger partial charge is 0.563 e. The summed E-state index contributed by atoms with van der Waals surface area (Å²) < 4.78 is 11.4. The van der Waals surface area contributed by atoms with Crippen molar-refractivity contribution in [3.8, 4) is 0 Å². The topological polar surface area (TPSA) is 59.0 Å². The molecular formula is C14H18BNO4. The molecule has 0 amide bonds. The molecule has 1 aromatic carbocycles. The third kappa shape index (κ3) is 2.65. The van der Waals surface area contributed by atoms with Crippen molar-refractivity contribution in [3.63, 3.8) is 0 Å². The molecule has 2 rings (SSSR count). The van der Waals surface area contributed by atoms with Gasteiger partial charge in [0.1, 0.15) is 5.60 Å². The van der Waals surface area contributed by atoms with Gasteiger partial charge in [-0.3, -0.25) is 0 Å². The average molecular weight is 275 g/mol. The standard InChI is InChI=1S/C14H18BNO4/c1-9-14(2,3)20-15(19-9)11-6-10(13(17)18)7-12(8-11)16(4)5/h6-8H,1H2,2-5H3,(H,17,18). The Morgan fingerprint density at radius 1 is 1.35 bits per heavy atom. The molecule has 1 aliphatic heterocycles. The molecule has 0 aliphatic carbocycles. The van der Waals surface area contributed by atoms with Crippen molar-refractivity contribution >= 4 is 24.2 Å². The van der Waals surface area contributed by atoms with E-state index in [2.05, 4.69) is 6.58 Å². The van der Waals surface area contributed by atoms with Gasteiger partial charge in [0.25, 0.3) is 0 Å². The summed E-state index contributed by atoms with van der Waals surface area (Å²) in [5, 5.41) is 9.20. The molecule has 0 saturated carbocycles. The Morgan fingerprint density at radius 3 is 2.45 bits per heavy atom. The van der Waals surface area contributed by atoms with Crippen LogP contribution in [-0.2, 0) is 9.31 Å². The number of carbonyl (C=O) groups is 1. The fourth-order valence-electron chi connectivity index (χ4n) is 1.92. The molecule has 0 bridgehead atoms. The van der Waals surface area contributed by atoms with Crippen molar-refractivity contribution in [2.45, 2.75) is 19.4 Å². The van der Waals surface area contributed by atoms with E-state index in [9.17, 15) is 9.90 Å². The highest BCUT2D eigenvalue weighted by Gasteiger charge is 2.43. The van der Waals surface area contributed by atoms with Crippen molar-refractivity contribution < 1.29 is 19.2 Å². The lowest BCUT2D eigenvalue weighted by molar-refractivity contribution is 0.0697. The minimum atomic E-state index is -0.981. The molecule has 20 heavy (non-hydrogen) atoms. The van der Waals surface area contributed by atoms with Crippen LogP contribution in [0.1, 0.15) is 24.2 Å². The van der Waals surface area contributed by atoms with Crippen molar-refractivity contribution in [2.75, 3.05) is 19.0 Å². The van der Waals surface area contributed by atoms with Crippen molar-refractivity contribution in [3.05, 3.63) is 36.1 Å². The fraction of sp³-hybridized carbons (Fsp3) is 0.357. The summed E-state index contributed by atoms with van der Waals surface area (Å²) in [5.41, 5.74) is 1.07. The number of anilines is 1. The quantitative estimate of drug-likeness (QED) is 0.847. The Hall–Kier alpha value is -1.95. The van der Waals surface area contributed by atoms with E-state index in [1.807, 2.05) is 38.9 Å². The second-order valence-electron chi connectivity index (χ2n) is 5.51. The van der Waals surface area contributed by atoms with Crippen LogP contribution in [0.4, 0.5) is 5.69 Å². The van der Waals surface area contributed by atoms with Crippen LogP contribution in [0, 0.1) is 0 Å². The Balaban J connectivity index is 2.42. The summed E-state index contributed by atoms with van der Waals surface area (Å²) in [5.74, 6) is -0.444. The van der Waals surface area contributed by atoms with Gasteiger partial charge in [0.15, 0.2) is 0 Å². The lowest BCUT2D eigenvalue weighted by Crippen LogP contribution is -2.35. The summed E-state index contributed by atoms with van der Waals surface area (Å²) >= 11 is 0. The summed E-state index contributed by atoms with van der Waals surface area (Å²) in [4.78, 5) is 13.1. The number of hydrogen-bond acceptors (Lipinski definition) is 4. The molecular weight excluding hydrogens is 257 g/mol. The SMILES string of the molecule is C=C1OB(c2cc(C(=O)O)cc(N(C)C)c2)OC1(C)C. The second-order valence-corrected chi connectivity index (χ2v) is 5.51. The predicted molar refractivity (Wildman–Crippen MR) is 78.5 cm³/mol. The van der Waals surface area contributed by atoms with Crippen LogP contribution in [0.15, 0.2) is 30.5 Å². The molecule has 1 aliphatic rings. The highest BCUT2D eigenvalue weighted by atomic mass is 16.7. The van der Waals surface area contributed by atoms with Gasteiger partial charge in [0.2, 0.25) is 0 Å². The van der Waals surface area contributed by atoms with E-state index < -0.39 is 18.7 Å². The molecule has 5 nitrogen and oxygen atoms in total. The van der Waals surface area contributed by atoms with Crippen LogP contribution >= 0.6 is 0 Å².